The third-order valence-corrected chi connectivity index (χ3v) is 4.16. The molecular formula is C19H22ClN7O2. The lowest BCUT2D eigenvalue weighted by atomic mass is 10.2. The van der Waals surface area contributed by atoms with Gasteiger partial charge >= 0.3 is 0 Å². The molecule has 1 atom stereocenters. The van der Waals surface area contributed by atoms with Crippen molar-refractivity contribution >= 4 is 34.7 Å². The van der Waals surface area contributed by atoms with Crippen LogP contribution in [0.3, 0.4) is 0 Å². The highest BCUT2D eigenvalue weighted by Gasteiger charge is 2.08. The second kappa shape index (κ2) is 9.87. The van der Waals surface area contributed by atoms with Gasteiger partial charge in [-0.2, -0.15) is 10.1 Å². The average molecular weight is 416 g/mol. The van der Waals surface area contributed by atoms with E-state index in [1.807, 2.05) is 24.3 Å². The van der Waals surface area contributed by atoms with E-state index in [9.17, 15) is 5.11 Å². The fourth-order valence-electron chi connectivity index (χ4n) is 2.52. The molecule has 0 aliphatic rings. The summed E-state index contributed by atoms with van der Waals surface area (Å²) >= 11 is 6.21. The summed E-state index contributed by atoms with van der Waals surface area (Å²) in [5.74, 6) is 0.848. The van der Waals surface area contributed by atoms with Gasteiger partial charge in [-0.3, -0.25) is 4.68 Å². The summed E-state index contributed by atoms with van der Waals surface area (Å²) in [5.41, 5.74) is 2.44. The SMILES string of the molecule is C=CC(O)Nc1cccc(CNc2nc(Nc3cnn(CCO)c3)ncc2Cl)c1. The lowest BCUT2D eigenvalue weighted by Crippen LogP contribution is -2.15. The highest BCUT2D eigenvalue weighted by atomic mass is 35.5. The number of hydrogen-bond donors (Lipinski definition) is 5. The van der Waals surface area contributed by atoms with Crippen LogP contribution in [0, 0.1) is 0 Å². The van der Waals surface area contributed by atoms with Crippen LogP contribution in [0.4, 0.5) is 23.1 Å². The summed E-state index contributed by atoms with van der Waals surface area (Å²) in [6.07, 6.45) is 5.47. The van der Waals surface area contributed by atoms with Crippen LogP contribution in [0.2, 0.25) is 5.02 Å². The summed E-state index contributed by atoms with van der Waals surface area (Å²) in [7, 11) is 0. The molecule has 0 aliphatic heterocycles. The number of anilines is 4. The molecule has 3 aromatic rings. The van der Waals surface area contributed by atoms with E-state index in [1.54, 1.807) is 17.1 Å². The first kappa shape index (κ1) is 20.6. The quantitative estimate of drug-likeness (QED) is 0.253. The molecule has 9 nitrogen and oxygen atoms in total. The van der Waals surface area contributed by atoms with E-state index in [0.29, 0.717) is 35.6 Å². The van der Waals surface area contributed by atoms with E-state index in [0.717, 1.165) is 11.3 Å². The molecule has 3 rings (SSSR count). The Hall–Kier alpha value is -3.14. The summed E-state index contributed by atoms with van der Waals surface area (Å²) in [6, 6.07) is 7.59. The second-order valence-corrected chi connectivity index (χ2v) is 6.52. The van der Waals surface area contributed by atoms with Crippen LogP contribution < -0.4 is 16.0 Å². The Morgan fingerprint density at radius 2 is 2.14 bits per heavy atom. The van der Waals surface area contributed by atoms with Gasteiger partial charge in [0.25, 0.3) is 0 Å². The summed E-state index contributed by atoms with van der Waals surface area (Å²) in [6.45, 7) is 4.43. The van der Waals surface area contributed by atoms with E-state index in [4.69, 9.17) is 16.7 Å². The Kier molecular flexibility index (Phi) is 7.01. The van der Waals surface area contributed by atoms with Crippen LogP contribution in [0.5, 0.6) is 0 Å². The van der Waals surface area contributed by atoms with Crippen molar-refractivity contribution in [2.75, 3.05) is 22.6 Å². The zero-order valence-corrected chi connectivity index (χ0v) is 16.3. The molecule has 1 aromatic carbocycles. The Morgan fingerprint density at radius 1 is 1.28 bits per heavy atom. The predicted molar refractivity (Wildman–Crippen MR) is 113 cm³/mol. The molecule has 0 saturated heterocycles. The van der Waals surface area contributed by atoms with Crippen LogP contribution in [-0.4, -0.2) is 42.8 Å². The minimum atomic E-state index is -0.815. The number of hydrogen-bond acceptors (Lipinski definition) is 8. The number of nitrogens with one attached hydrogen (secondary N) is 3. The van der Waals surface area contributed by atoms with Gasteiger partial charge < -0.3 is 26.2 Å². The first-order valence-electron chi connectivity index (χ1n) is 8.90. The van der Waals surface area contributed by atoms with Crippen molar-refractivity contribution in [3.8, 4) is 0 Å². The third kappa shape index (κ3) is 5.92. The highest BCUT2D eigenvalue weighted by molar-refractivity contribution is 6.32. The Morgan fingerprint density at radius 3 is 2.93 bits per heavy atom. The maximum absolute atomic E-state index is 9.63. The van der Waals surface area contributed by atoms with Gasteiger partial charge in [-0.1, -0.05) is 30.3 Å². The van der Waals surface area contributed by atoms with Crippen molar-refractivity contribution in [1.29, 1.82) is 0 Å². The van der Waals surface area contributed by atoms with Crippen LogP contribution in [0.25, 0.3) is 0 Å². The van der Waals surface area contributed by atoms with Gasteiger partial charge in [0.2, 0.25) is 5.95 Å². The van der Waals surface area contributed by atoms with Crippen molar-refractivity contribution in [3.63, 3.8) is 0 Å². The van der Waals surface area contributed by atoms with Crippen LogP contribution in [0.15, 0.2) is 55.5 Å². The molecule has 0 spiro atoms. The number of aromatic nitrogens is 4. The maximum Gasteiger partial charge on any atom is 0.229 e. The van der Waals surface area contributed by atoms with Gasteiger partial charge in [0.15, 0.2) is 5.82 Å². The van der Waals surface area contributed by atoms with Crippen molar-refractivity contribution in [2.45, 2.75) is 19.3 Å². The smallest absolute Gasteiger partial charge is 0.229 e. The molecule has 0 fully saturated rings. The van der Waals surface area contributed by atoms with E-state index >= 15 is 0 Å². The summed E-state index contributed by atoms with van der Waals surface area (Å²) < 4.78 is 1.61. The standard InChI is InChI=1S/C19H22ClN7O2/c1-2-17(29)24-14-5-3-4-13(8-14)9-21-18-16(20)11-22-19(26-18)25-15-10-23-27(12-15)6-7-28/h2-5,8,10-12,17,24,28-29H,1,6-7,9H2,(H2,21,22,25,26). The first-order valence-corrected chi connectivity index (χ1v) is 9.28. The molecule has 29 heavy (non-hydrogen) atoms. The molecule has 2 heterocycles. The number of rotatable bonds is 10. The molecule has 0 bridgehead atoms. The Labute approximate surface area is 173 Å². The van der Waals surface area contributed by atoms with Gasteiger partial charge in [-0.15, -0.1) is 0 Å². The Balaban J connectivity index is 1.65. The van der Waals surface area contributed by atoms with Crippen molar-refractivity contribution in [1.82, 2.24) is 19.7 Å². The number of aliphatic hydroxyl groups excluding tert-OH is 2. The lowest BCUT2D eigenvalue weighted by Gasteiger charge is -2.12. The van der Waals surface area contributed by atoms with E-state index < -0.39 is 6.23 Å². The zero-order chi connectivity index (χ0) is 20.6. The lowest BCUT2D eigenvalue weighted by molar-refractivity contribution is 0.253. The normalized spacial score (nSPS) is 11.7. The molecule has 2 aromatic heterocycles. The monoisotopic (exact) mass is 415 g/mol. The molecular weight excluding hydrogens is 394 g/mol. The molecule has 0 radical (unpaired) electrons. The number of halogens is 1. The number of aliphatic hydroxyl groups is 2. The van der Waals surface area contributed by atoms with Crippen molar-refractivity contribution in [3.05, 3.63) is 66.1 Å². The largest absolute Gasteiger partial charge is 0.394 e. The predicted octanol–water partition coefficient (Wildman–Crippen LogP) is 2.59. The first-order chi connectivity index (χ1) is 14.1. The van der Waals surface area contributed by atoms with Gasteiger partial charge in [-0.05, 0) is 23.8 Å². The van der Waals surface area contributed by atoms with Gasteiger partial charge in [0.1, 0.15) is 11.3 Å². The molecule has 1 unspecified atom stereocenters. The van der Waals surface area contributed by atoms with Crippen LogP contribution in [-0.2, 0) is 13.1 Å². The molecule has 10 heteroatoms. The molecule has 5 N–H and O–H groups in total. The van der Waals surface area contributed by atoms with E-state index in [2.05, 4.69) is 37.6 Å². The van der Waals surface area contributed by atoms with Gasteiger partial charge in [-0.25, -0.2) is 4.98 Å². The van der Waals surface area contributed by atoms with Crippen molar-refractivity contribution < 1.29 is 10.2 Å². The highest BCUT2D eigenvalue weighted by Crippen LogP contribution is 2.22. The molecule has 0 saturated carbocycles. The summed E-state index contributed by atoms with van der Waals surface area (Å²) in [4.78, 5) is 8.57. The maximum atomic E-state index is 9.63. The minimum Gasteiger partial charge on any atom is -0.394 e. The minimum absolute atomic E-state index is 0.00982. The van der Waals surface area contributed by atoms with Crippen molar-refractivity contribution in [2.24, 2.45) is 0 Å². The number of benzene rings is 1. The zero-order valence-electron chi connectivity index (χ0n) is 15.6. The number of nitrogens with zero attached hydrogens (tertiary/aromatic N) is 4. The fourth-order valence-corrected chi connectivity index (χ4v) is 2.68. The summed E-state index contributed by atoms with van der Waals surface area (Å²) in [5, 5.41) is 32.3. The average Bonchev–Trinajstić information content (AvgIpc) is 3.16. The molecule has 0 aliphatic carbocycles. The second-order valence-electron chi connectivity index (χ2n) is 6.11. The van der Waals surface area contributed by atoms with E-state index in [1.165, 1.54) is 12.3 Å². The van der Waals surface area contributed by atoms with Crippen LogP contribution in [0.1, 0.15) is 5.56 Å². The molecule has 152 valence electrons. The van der Waals surface area contributed by atoms with Gasteiger partial charge in [0, 0.05) is 18.4 Å². The van der Waals surface area contributed by atoms with Crippen LogP contribution >= 0.6 is 11.6 Å². The fraction of sp³-hybridized carbons (Fsp3) is 0.211. The third-order valence-electron chi connectivity index (χ3n) is 3.89. The van der Waals surface area contributed by atoms with Gasteiger partial charge in [0.05, 0.1) is 31.2 Å². The Bertz CT molecular complexity index is 963. The molecule has 0 amide bonds. The topological polar surface area (TPSA) is 120 Å². The van der Waals surface area contributed by atoms with E-state index in [-0.39, 0.29) is 6.61 Å².